The Balaban J connectivity index is 1.76. The molecule has 144 valence electrons. The Morgan fingerprint density at radius 1 is 1.08 bits per heavy atom. The first-order chi connectivity index (χ1) is 12.2. The van der Waals surface area contributed by atoms with E-state index < -0.39 is 0 Å². The molecule has 2 N–H and O–H groups in total. The lowest BCUT2D eigenvalue weighted by molar-refractivity contribution is -0.135. The zero-order valence-electron chi connectivity index (χ0n) is 16.4. The van der Waals surface area contributed by atoms with Crippen molar-refractivity contribution in [2.75, 3.05) is 26.2 Å². The Morgan fingerprint density at radius 3 is 2.60 bits per heavy atom. The fraction of sp³-hybridized carbons (Fsp3) is 0.900. The lowest BCUT2D eigenvalue weighted by Crippen LogP contribution is -2.45. The van der Waals surface area contributed by atoms with Gasteiger partial charge in [0, 0.05) is 38.1 Å². The molecule has 1 saturated heterocycles. The summed E-state index contributed by atoms with van der Waals surface area (Å²) in [5.41, 5.74) is 0. The van der Waals surface area contributed by atoms with Crippen molar-refractivity contribution < 1.29 is 4.79 Å². The van der Waals surface area contributed by atoms with E-state index in [0.29, 0.717) is 11.9 Å². The van der Waals surface area contributed by atoms with Gasteiger partial charge in [-0.2, -0.15) is 0 Å². The summed E-state index contributed by atoms with van der Waals surface area (Å²) < 4.78 is 0. The molecular formula is C20H38N4O. The number of nitrogens with zero attached hydrogens (tertiary/aromatic N) is 2. The van der Waals surface area contributed by atoms with Crippen LogP contribution in [0.1, 0.15) is 78.1 Å². The van der Waals surface area contributed by atoms with E-state index in [1.54, 1.807) is 0 Å². The van der Waals surface area contributed by atoms with Gasteiger partial charge in [-0.25, -0.2) is 0 Å². The third kappa shape index (κ3) is 6.87. The van der Waals surface area contributed by atoms with E-state index in [2.05, 4.69) is 29.4 Å². The van der Waals surface area contributed by atoms with Gasteiger partial charge in [0.25, 0.3) is 0 Å². The molecule has 5 heteroatoms. The summed E-state index contributed by atoms with van der Waals surface area (Å²) in [6.45, 7) is 7.81. The van der Waals surface area contributed by atoms with Crippen molar-refractivity contribution in [3.05, 3.63) is 0 Å². The van der Waals surface area contributed by atoms with Gasteiger partial charge in [-0.15, -0.1) is 0 Å². The lowest BCUT2D eigenvalue weighted by atomic mass is 9.88. The molecule has 2 aliphatic rings. The van der Waals surface area contributed by atoms with E-state index in [-0.39, 0.29) is 5.92 Å². The van der Waals surface area contributed by atoms with Crippen LogP contribution >= 0.6 is 0 Å². The highest BCUT2D eigenvalue weighted by Crippen LogP contribution is 2.26. The van der Waals surface area contributed by atoms with Gasteiger partial charge in [-0.1, -0.05) is 45.4 Å². The van der Waals surface area contributed by atoms with Gasteiger partial charge in [0.1, 0.15) is 0 Å². The predicted molar refractivity (Wildman–Crippen MR) is 105 cm³/mol. The number of carbonyl (C=O) groups is 1. The molecule has 0 aromatic rings. The Morgan fingerprint density at radius 2 is 1.88 bits per heavy atom. The average molecular weight is 351 g/mol. The number of carbonyl (C=O) groups excluding carboxylic acids is 1. The lowest BCUT2D eigenvalue weighted by Gasteiger charge is -2.26. The number of nitrogens with one attached hydrogen (secondary N) is 2. The van der Waals surface area contributed by atoms with Gasteiger partial charge < -0.3 is 15.5 Å². The summed E-state index contributed by atoms with van der Waals surface area (Å²) in [6.07, 6.45) is 11.9. The number of amides is 1. The standard InChI is InChI=1S/C20H38N4O/c1-3-5-6-10-14-22-20(21-4-2)23-18-13-15-24(16-18)19(25)17-11-8-7-9-12-17/h17-18H,3-16H2,1-2H3,(H2,21,22,23). The van der Waals surface area contributed by atoms with Crippen LogP contribution in [0.2, 0.25) is 0 Å². The SMILES string of the molecule is CCCCCCN=C(NCC)NC1CCN(C(=O)C2CCCCC2)C1. The predicted octanol–water partition coefficient (Wildman–Crippen LogP) is 3.30. The Hall–Kier alpha value is -1.26. The number of hydrogen-bond donors (Lipinski definition) is 2. The minimum Gasteiger partial charge on any atom is -0.357 e. The van der Waals surface area contributed by atoms with Crippen LogP contribution in [0, 0.1) is 5.92 Å². The van der Waals surface area contributed by atoms with Crippen LogP contribution in [0.4, 0.5) is 0 Å². The van der Waals surface area contributed by atoms with Gasteiger partial charge >= 0.3 is 0 Å². The maximum atomic E-state index is 12.7. The van der Waals surface area contributed by atoms with Crippen LogP contribution in [-0.2, 0) is 4.79 Å². The van der Waals surface area contributed by atoms with Crippen molar-refractivity contribution in [1.82, 2.24) is 15.5 Å². The number of likely N-dealkylation sites (tertiary alicyclic amines) is 1. The highest BCUT2D eigenvalue weighted by Gasteiger charge is 2.31. The van der Waals surface area contributed by atoms with Crippen LogP contribution < -0.4 is 10.6 Å². The summed E-state index contributed by atoms with van der Waals surface area (Å²) >= 11 is 0. The van der Waals surface area contributed by atoms with Crippen molar-refractivity contribution >= 4 is 11.9 Å². The van der Waals surface area contributed by atoms with E-state index in [9.17, 15) is 4.79 Å². The normalized spacial score (nSPS) is 22.2. The number of rotatable bonds is 8. The quantitative estimate of drug-likeness (QED) is 0.401. The second-order valence-corrected chi connectivity index (χ2v) is 7.57. The van der Waals surface area contributed by atoms with Gasteiger partial charge in [-0.05, 0) is 32.6 Å². The first kappa shape index (κ1) is 20.1. The summed E-state index contributed by atoms with van der Waals surface area (Å²) in [5.74, 6) is 1.59. The molecule has 1 atom stereocenters. The van der Waals surface area contributed by atoms with E-state index >= 15 is 0 Å². The average Bonchev–Trinajstić information content (AvgIpc) is 3.10. The highest BCUT2D eigenvalue weighted by atomic mass is 16.2. The van der Waals surface area contributed by atoms with Crippen LogP contribution in [0.15, 0.2) is 4.99 Å². The molecule has 25 heavy (non-hydrogen) atoms. The molecule has 5 nitrogen and oxygen atoms in total. The Labute approximate surface area is 154 Å². The van der Waals surface area contributed by atoms with E-state index in [1.165, 1.54) is 38.5 Å². The van der Waals surface area contributed by atoms with Crippen molar-refractivity contribution in [3.8, 4) is 0 Å². The molecule has 2 fully saturated rings. The zero-order chi connectivity index (χ0) is 17.9. The second kappa shape index (κ2) is 11.4. The van der Waals surface area contributed by atoms with E-state index in [4.69, 9.17) is 4.99 Å². The monoisotopic (exact) mass is 350 g/mol. The number of aliphatic imine (C=N–C) groups is 1. The third-order valence-electron chi connectivity index (χ3n) is 5.42. The fourth-order valence-corrected chi connectivity index (χ4v) is 3.93. The highest BCUT2D eigenvalue weighted by molar-refractivity contribution is 5.81. The Kier molecular flexibility index (Phi) is 9.12. The molecule has 1 aliphatic carbocycles. The minimum absolute atomic E-state index is 0.285. The molecule has 1 amide bonds. The molecule has 1 unspecified atom stereocenters. The first-order valence-corrected chi connectivity index (χ1v) is 10.6. The van der Waals surface area contributed by atoms with Crippen LogP contribution in [-0.4, -0.2) is 49.0 Å². The van der Waals surface area contributed by atoms with Crippen LogP contribution in [0.3, 0.4) is 0 Å². The maximum Gasteiger partial charge on any atom is 0.225 e. The van der Waals surface area contributed by atoms with Crippen molar-refractivity contribution in [2.45, 2.75) is 84.1 Å². The molecule has 0 bridgehead atoms. The molecule has 1 saturated carbocycles. The molecule has 0 aromatic carbocycles. The molecule has 1 heterocycles. The molecule has 0 aromatic heterocycles. The summed E-state index contributed by atoms with van der Waals surface area (Å²) in [6, 6.07) is 0.334. The number of hydrogen-bond acceptors (Lipinski definition) is 2. The number of unbranched alkanes of at least 4 members (excludes halogenated alkanes) is 3. The largest absolute Gasteiger partial charge is 0.357 e. The van der Waals surface area contributed by atoms with E-state index in [1.807, 2.05) is 0 Å². The Bertz CT molecular complexity index is 418. The van der Waals surface area contributed by atoms with Crippen molar-refractivity contribution in [2.24, 2.45) is 10.9 Å². The first-order valence-electron chi connectivity index (χ1n) is 10.6. The molecular weight excluding hydrogens is 312 g/mol. The van der Waals surface area contributed by atoms with Crippen LogP contribution in [0.25, 0.3) is 0 Å². The minimum atomic E-state index is 0.285. The summed E-state index contributed by atoms with van der Waals surface area (Å²) in [5, 5.41) is 6.88. The molecule has 0 radical (unpaired) electrons. The second-order valence-electron chi connectivity index (χ2n) is 7.57. The van der Waals surface area contributed by atoms with Gasteiger partial charge in [0.15, 0.2) is 5.96 Å². The van der Waals surface area contributed by atoms with Crippen molar-refractivity contribution in [1.29, 1.82) is 0 Å². The topological polar surface area (TPSA) is 56.7 Å². The molecule has 2 rings (SSSR count). The third-order valence-corrected chi connectivity index (χ3v) is 5.42. The molecule has 1 aliphatic heterocycles. The van der Waals surface area contributed by atoms with Gasteiger partial charge in [0.2, 0.25) is 5.91 Å². The van der Waals surface area contributed by atoms with Gasteiger partial charge in [-0.3, -0.25) is 9.79 Å². The number of guanidine groups is 1. The summed E-state index contributed by atoms with van der Waals surface area (Å²) in [7, 11) is 0. The van der Waals surface area contributed by atoms with Crippen LogP contribution in [0.5, 0.6) is 0 Å². The van der Waals surface area contributed by atoms with Crippen molar-refractivity contribution in [3.63, 3.8) is 0 Å². The summed E-state index contributed by atoms with van der Waals surface area (Å²) in [4.78, 5) is 19.5. The zero-order valence-corrected chi connectivity index (χ0v) is 16.4. The van der Waals surface area contributed by atoms with Gasteiger partial charge in [0.05, 0.1) is 0 Å². The maximum absolute atomic E-state index is 12.7. The smallest absolute Gasteiger partial charge is 0.225 e. The van der Waals surface area contributed by atoms with E-state index in [0.717, 1.165) is 57.8 Å². The fourth-order valence-electron chi connectivity index (χ4n) is 3.93. The molecule has 0 spiro atoms.